The molecule has 0 spiro atoms. The van der Waals surface area contributed by atoms with Crippen molar-refractivity contribution >= 4 is 45.9 Å². The number of nitrogens with zero attached hydrogens (tertiary/aromatic N) is 5. The maximum absolute atomic E-state index is 4.81. The lowest BCUT2D eigenvalue weighted by atomic mass is 10.2. The second kappa shape index (κ2) is 11.0. The maximum Gasteiger partial charge on any atom is 0.194 e. The van der Waals surface area contributed by atoms with Gasteiger partial charge in [0, 0.05) is 37.6 Å². The first-order chi connectivity index (χ1) is 12.7. The van der Waals surface area contributed by atoms with Crippen LogP contribution >= 0.6 is 39.9 Å². The van der Waals surface area contributed by atoms with Gasteiger partial charge in [0.1, 0.15) is 12.4 Å². The summed E-state index contributed by atoms with van der Waals surface area (Å²) in [6.45, 7) is 5.29. The van der Waals surface area contributed by atoms with Crippen molar-refractivity contribution in [3.05, 3.63) is 46.0 Å². The van der Waals surface area contributed by atoms with Crippen LogP contribution in [-0.4, -0.2) is 39.2 Å². The number of rotatable bonds is 5. The molecule has 0 bridgehead atoms. The molecule has 0 saturated heterocycles. The van der Waals surface area contributed by atoms with Crippen molar-refractivity contribution in [2.45, 2.75) is 52.2 Å². The highest BCUT2D eigenvalue weighted by molar-refractivity contribution is 14.0. The lowest BCUT2D eigenvalue weighted by Gasteiger charge is -2.22. The van der Waals surface area contributed by atoms with Crippen LogP contribution in [0.25, 0.3) is 0 Å². The van der Waals surface area contributed by atoms with Crippen molar-refractivity contribution in [1.29, 1.82) is 0 Å². The molecule has 148 valence electrons. The van der Waals surface area contributed by atoms with Gasteiger partial charge in [0.15, 0.2) is 11.8 Å². The number of aliphatic imine (C=N–C) groups is 1. The first-order valence-electron chi connectivity index (χ1n) is 9.32. The van der Waals surface area contributed by atoms with Crippen LogP contribution in [0.3, 0.4) is 0 Å². The monoisotopic (exact) mass is 546 g/mol. The molecule has 2 aromatic rings. The van der Waals surface area contributed by atoms with Crippen molar-refractivity contribution in [3.63, 3.8) is 0 Å². The minimum absolute atomic E-state index is 0. The van der Waals surface area contributed by atoms with Gasteiger partial charge in [-0.05, 0) is 37.5 Å². The molecule has 0 unspecified atom stereocenters. The average molecular weight is 547 g/mol. The van der Waals surface area contributed by atoms with Crippen molar-refractivity contribution < 1.29 is 0 Å². The molecule has 0 radical (unpaired) electrons. The molecule has 3 rings (SSSR count). The standard InChI is InChI=1S/C19H27BrN6.HI/c1-3-21-19(25(2)14-15-8-10-16(20)11-9-15)22-13-18-24-23-17-7-5-4-6-12-26(17)18;/h8-11H,3-7,12-14H2,1-2H3,(H,21,22);1H. The van der Waals surface area contributed by atoms with E-state index in [4.69, 9.17) is 4.99 Å². The van der Waals surface area contributed by atoms with Gasteiger partial charge in [0.25, 0.3) is 0 Å². The van der Waals surface area contributed by atoms with Gasteiger partial charge in [-0.2, -0.15) is 0 Å². The summed E-state index contributed by atoms with van der Waals surface area (Å²) in [5, 5.41) is 12.1. The van der Waals surface area contributed by atoms with Crippen molar-refractivity contribution in [2.24, 2.45) is 4.99 Å². The molecule has 2 heterocycles. The molecule has 0 fully saturated rings. The summed E-state index contributed by atoms with van der Waals surface area (Å²) in [6, 6.07) is 8.39. The molecule has 1 aliphatic heterocycles. The number of aromatic nitrogens is 3. The first kappa shape index (κ1) is 22.1. The highest BCUT2D eigenvalue weighted by Gasteiger charge is 2.15. The van der Waals surface area contributed by atoms with Gasteiger partial charge in [-0.15, -0.1) is 34.2 Å². The number of guanidine groups is 1. The van der Waals surface area contributed by atoms with E-state index in [2.05, 4.69) is 79.1 Å². The van der Waals surface area contributed by atoms with Gasteiger partial charge < -0.3 is 14.8 Å². The Kier molecular flexibility index (Phi) is 9.01. The van der Waals surface area contributed by atoms with E-state index in [-0.39, 0.29) is 24.0 Å². The summed E-state index contributed by atoms with van der Waals surface area (Å²) in [5.74, 6) is 2.97. The molecule has 0 saturated carbocycles. The van der Waals surface area contributed by atoms with Crippen LogP contribution in [0.1, 0.15) is 43.4 Å². The molecule has 8 heteroatoms. The molecule has 27 heavy (non-hydrogen) atoms. The maximum atomic E-state index is 4.81. The fourth-order valence-electron chi connectivity index (χ4n) is 3.22. The van der Waals surface area contributed by atoms with Gasteiger partial charge in [-0.1, -0.05) is 34.5 Å². The third-order valence-corrected chi connectivity index (χ3v) is 5.11. The third kappa shape index (κ3) is 6.17. The van der Waals surface area contributed by atoms with Crippen LogP contribution in [0, 0.1) is 0 Å². The summed E-state index contributed by atoms with van der Waals surface area (Å²) < 4.78 is 3.35. The lowest BCUT2D eigenvalue weighted by molar-refractivity contribution is 0.475. The number of nitrogens with one attached hydrogen (secondary N) is 1. The zero-order valence-electron chi connectivity index (χ0n) is 16.0. The largest absolute Gasteiger partial charge is 0.357 e. The number of benzene rings is 1. The highest BCUT2D eigenvalue weighted by Crippen LogP contribution is 2.15. The first-order valence-corrected chi connectivity index (χ1v) is 10.1. The molecule has 0 amide bonds. The Labute approximate surface area is 187 Å². The van der Waals surface area contributed by atoms with Gasteiger partial charge in [0.2, 0.25) is 0 Å². The summed E-state index contributed by atoms with van der Waals surface area (Å²) in [5.41, 5.74) is 1.25. The predicted octanol–water partition coefficient (Wildman–Crippen LogP) is 3.98. The Morgan fingerprint density at radius 2 is 2.00 bits per heavy atom. The molecule has 6 nitrogen and oxygen atoms in total. The number of hydrogen-bond donors (Lipinski definition) is 1. The number of aryl methyl sites for hydroxylation is 1. The van der Waals surface area contributed by atoms with Crippen molar-refractivity contribution in [2.75, 3.05) is 13.6 Å². The fourth-order valence-corrected chi connectivity index (χ4v) is 3.48. The van der Waals surface area contributed by atoms with Crippen LogP contribution < -0.4 is 5.32 Å². The van der Waals surface area contributed by atoms with Crippen LogP contribution in [0.5, 0.6) is 0 Å². The van der Waals surface area contributed by atoms with E-state index < -0.39 is 0 Å². The van der Waals surface area contributed by atoms with E-state index in [0.717, 1.165) is 48.1 Å². The van der Waals surface area contributed by atoms with E-state index in [1.807, 2.05) is 0 Å². The minimum Gasteiger partial charge on any atom is -0.357 e. The second-order valence-electron chi connectivity index (χ2n) is 6.65. The zero-order chi connectivity index (χ0) is 18.4. The van der Waals surface area contributed by atoms with Crippen LogP contribution in [-0.2, 0) is 26.1 Å². The van der Waals surface area contributed by atoms with Crippen molar-refractivity contribution in [3.8, 4) is 0 Å². The number of halogens is 2. The zero-order valence-corrected chi connectivity index (χ0v) is 19.9. The molecule has 0 aliphatic carbocycles. The molecule has 0 atom stereocenters. The minimum atomic E-state index is 0. The van der Waals surface area contributed by atoms with E-state index in [1.54, 1.807) is 0 Å². The Balaban J connectivity index is 0.00000261. The SMILES string of the molecule is CCNC(=NCc1nnc2n1CCCCC2)N(C)Cc1ccc(Br)cc1.I. The normalized spacial score (nSPS) is 14.1. The predicted molar refractivity (Wildman–Crippen MR) is 123 cm³/mol. The van der Waals surface area contributed by atoms with E-state index in [9.17, 15) is 0 Å². The van der Waals surface area contributed by atoms with Gasteiger partial charge >= 0.3 is 0 Å². The fraction of sp³-hybridized carbons (Fsp3) is 0.526. The Hall–Kier alpha value is -1.16. The van der Waals surface area contributed by atoms with E-state index >= 15 is 0 Å². The van der Waals surface area contributed by atoms with Crippen molar-refractivity contribution in [1.82, 2.24) is 25.0 Å². The molecule has 1 aromatic carbocycles. The quantitative estimate of drug-likeness (QED) is 0.350. The molecular weight excluding hydrogens is 519 g/mol. The van der Waals surface area contributed by atoms with Gasteiger partial charge in [0.05, 0.1) is 0 Å². The average Bonchev–Trinajstić information content (AvgIpc) is 2.87. The molecular formula is C19H28BrIN6. The summed E-state index contributed by atoms with van der Waals surface area (Å²) in [6.07, 6.45) is 4.70. The summed E-state index contributed by atoms with van der Waals surface area (Å²) >= 11 is 3.48. The highest BCUT2D eigenvalue weighted by atomic mass is 127. The Bertz CT molecular complexity index is 743. The summed E-state index contributed by atoms with van der Waals surface area (Å²) in [4.78, 5) is 6.95. The van der Waals surface area contributed by atoms with Crippen LogP contribution in [0.4, 0.5) is 0 Å². The Morgan fingerprint density at radius 3 is 2.74 bits per heavy atom. The van der Waals surface area contributed by atoms with Crippen LogP contribution in [0.15, 0.2) is 33.7 Å². The lowest BCUT2D eigenvalue weighted by Crippen LogP contribution is -2.38. The molecule has 1 aromatic heterocycles. The molecule has 1 N–H and O–H groups in total. The smallest absolute Gasteiger partial charge is 0.194 e. The van der Waals surface area contributed by atoms with E-state index in [1.165, 1.54) is 24.8 Å². The molecule has 1 aliphatic rings. The number of fused-ring (bicyclic) bond motifs is 1. The number of hydrogen-bond acceptors (Lipinski definition) is 3. The topological polar surface area (TPSA) is 58.3 Å². The summed E-state index contributed by atoms with van der Waals surface area (Å²) in [7, 11) is 2.06. The van der Waals surface area contributed by atoms with Gasteiger partial charge in [-0.25, -0.2) is 4.99 Å². The second-order valence-corrected chi connectivity index (χ2v) is 7.56. The van der Waals surface area contributed by atoms with Gasteiger partial charge in [-0.3, -0.25) is 0 Å². The van der Waals surface area contributed by atoms with E-state index in [0.29, 0.717) is 6.54 Å². The van der Waals surface area contributed by atoms with Crippen LogP contribution in [0.2, 0.25) is 0 Å². The third-order valence-electron chi connectivity index (χ3n) is 4.59. The Morgan fingerprint density at radius 1 is 1.22 bits per heavy atom.